The van der Waals surface area contributed by atoms with Gasteiger partial charge in [-0.25, -0.2) is 17.9 Å². The van der Waals surface area contributed by atoms with E-state index in [2.05, 4.69) is 4.72 Å². The Labute approximate surface area is 153 Å². The summed E-state index contributed by atoms with van der Waals surface area (Å²) in [5.41, 5.74) is 0.317. The van der Waals surface area contributed by atoms with Gasteiger partial charge in [-0.2, -0.15) is 0 Å². The molecule has 0 bridgehead atoms. The fourth-order valence-electron chi connectivity index (χ4n) is 3.08. The molecule has 26 heavy (non-hydrogen) atoms. The van der Waals surface area contributed by atoms with Crippen molar-refractivity contribution in [1.29, 1.82) is 0 Å². The molecule has 1 aromatic rings. The number of sulfonamides is 1. The SMILES string of the molecule is CCOC(=O)c1ccc(S(=O)(=O)NC2CCN(C(=O)C3CC3)CC2)cc1. The summed E-state index contributed by atoms with van der Waals surface area (Å²) in [4.78, 5) is 25.7. The number of rotatable bonds is 6. The lowest BCUT2D eigenvalue weighted by Crippen LogP contribution is -2.46. The standard InChI is InChI=1S/C18H24N2O5S/c1-2-25-18(22)14-5-7-16(8-6-14)26(23,24)19-15-9-11-20(12-10-15)17(21)13-3-4-13/h5-8,13,15,19H,2-4,9-12H2,1H3. The molecule has 1 N–H and O–H groups in total. The number of hydrogen-bond donors (Lipinski definition) is 1. The van der Waals surface area contributed by atoms with Gasteiger partial charge in [0.05, 0.1) is 17.1 Å². The summed E-state index contributed by atoms with van der Waals surface area (Å²) in [7, 11) is -3.66. The second-order valence-electron chi connectivity index (χ2n) is 6.74. The predicted molar refractivity (Wildman–Crippen MR) is 95.0 cm³/mol. The van der Waals surface area contributed by atoms with Crippen molar-refractivity contribution in [3.8, 4) is 0 Å². The van der Waals surface area contributed by atoms with Crippen molar-refractivity contribution in [1.82, 2.24) is 9.62 Å². The van der Waals surface area contributed by atoms with Crippen LogP contribution in [0.15, 0.2) is 29.2 Å². The topological polar surface area (TPSA) is 92.8 Å². The van der Waals surface area contributed by atoms with E-state index >= 15 is 0 Å². The number of piperidine rings is 1. The Morgan fingerprint density at radius 1 is 1.12 bits per heavy atom. The monoisotopic (exact) mass is 380 g/mol. The maximum Gasteiger partial charge on any atom is 0.338 e. The Morgan fingerprint density at radius 2 is 1.73 bits per heavy atom. The van der Waals surface area contributed by atoms with E-state index in [1.54, 1.807) is 6.92 Å². The zero-order chi connectivity index (χ0) is 18.7. The van der Waals surface area contributed by atoms with Crippen LogP contribution in [0.2, 0.25) is 0 Å². The maximum atomic E-state index is 12.5. The molecule has 2 fully saturated rings. The van der Waals surface area contributed by atoms with Gasteiger partial charge in [0, 0.05) is 25.0 Å². The van der Waals surface area contributed by atoms with Gasteiger partial charge in [-0.05, 0) is 56.9 Å². The third-order valence-electron chi connectivity index (χ3n) is 4.73. The molecule has 7 nitrogen and oxygen atoms in total. The van der Waals surface area contributed by atoms with Crippen molar-refractivity contribution in [2.45, 2.75) is 43.5 Å². The van der Waals surface area contributed by atoms with Gasteiger partial charge in [0.2, 0.25) is 15.9 Å². The Hall–Kier alpha value is -1.93. The number of hydrogen-bond acceptors (Lipinski definition) is 5. The van der Waals surface area contributed by atoms with Gasteiger partial charge in [-0.15, -0.1) is 0 Å². The van der Waals surface area contributed by atoms with Crippen molar-refractivity contribution in [3.05, 3.63) is 29.8 Å². The minimum Gasteiger partial charge on any atom is -0.462 e. The third kappa shape index (κ3) is 4.42. The lowest BCUT2D eigenvalue weighted by Gasteiger charge is -2.32. The summed E-state index contributed by atoms with van der Waals surface area (Å²) >= 11 is 0. The van der Waals surface area contributed by atoms with Crippen LogP contribution in [-0.2, 0) is 19.6 Å². The highest BCUT2D eigenvalue weighted by Gasteiger charge is 2.35. The molecule has 0 spiro atoms. The van der Waals surface area contributed by atoms with Crippen LogP contribution in [0, 0.1) is 5.92 Å². The summed E-state index contributed by atoms with van der Waals surface area (Å²) in [6.45, 7) is 3.15. The minimum atomic E-state index is -3.66. The number of nitrogens with one attached hydrogen (secondary N) is 1. The lowest BCUT2D eigenvalue weighted by atomic mass is 10.1. The zero-order valence-corrected chi connectivity index (χ0v) is 15.6. The number of ether oxygens (including phenoxy) is 1. The summed E-state index contributed by atoms with van der Waals surface area (Å²) in [6.07, 6.45) is 3.18. The second-order valence-corrected chi connectivity index (χ2v) is 8.45. The molecule has 0 atom stereocenters. The lowest BCUT2D eigenvalue weighted by molar-refractivity contribution is -0.133. The molecule has 0 aromatic heterocycles. The molecule has 1 aromatic carbocycles. The zero-order valence-electron chi connectivity index (χ0n) is 14.8. The van der Waals surface area contributed by atoms with Gasteiger partial charge >= 0.3 is 5.97 Å². The van der Waals surface area contributed by atoms with Crippen molar-refractivity contribution in [3.63, 3.8) is 0 Å². The van der Waals surface area contributed by atoms with Crippen LogP contribution in [0.25, 0.3) is 0 Å². The first kappa shape index (κ1) is 18.8. The maximum absolute atomic E-state index is 12.5. The number of carbonyl (C=O) groups excluding carboxylic acids is 2. The highest BCUT2D eigenvalue weighted by Crippen LogP contribution is 2.32. The van der Waals surface area contributed by atoms with Crippen LogP contribution >= 0.6 is 0 Å². The van der Waals surface area contributed by atoms with E-state index in [9.17, 15) is 18.0 Å². The van der Waals surface area contributed by atoms with E-state index in [-0.39, 0.29) is 29.4 Å². The molecule has 2 aliphatic rings. The molecule has 1 saturated carbocycles. The third-order valence-corrected chi connectivity index (χ3v) is 6.27. The van der Waals surface area contributed by atoms with Crippen LogP contribution in [0.5, 0.6) is 0 Å². The normalized spacial score (nSPS) is 18.6. The quantitative estimate of drug-likeness (QED) is 0.756. The smallest absolute Gasteiger partial charge is 0.338 e. The first-order valence-electron chi connectivity index (χ1n) is 8.99. The molecule has 142 valence electrons. The van der Waals surface area contributed by atoms with Gasteiger partial charge in [0.25, 0.3) is 0 Å². The van der Waals surface area contributed by atoms with Gasteiger partial charge in [-0.1, -0.05) is 0 Å². The average Bonchev–Trinajstić information content (AvgIpc) is 3.47. The van der Waals surface area contributed by atoms with Crippen molar-refractivity contribution >= 4 is 21.9 Å². The molecule has 3 rings (SSSR count). The molecular weight excluding hydrogens is 356 g/mol. The molecule has 1 heterocycles. The highest BCUT2D eigenvalue weighted by atomic mass is 32.2. The Morgan fingerprint density at radius 3 is 2.27 bits per heavy atom. The van der Waals surface area contributed by atoms with E-state index in [0.29, 0.717) is 31.5 Å². The van der Waals surface area contributed by atoms with E-state index in [1.165, 1.54) is 24.3 Å². The number of esters is 1. The predicted octanol–water partition coefficient (Wildman–Crippen LogP) is 1.54. The second kappa shape index (κ2) is 7.75. The first-order valence-corrected chi connectivity index (χ1v) is 10.5. The largest absolute Gasteiger partial charge is 0.462 e. The molecule has 0 radical (unpaired) electrons. The molecule has 8 heteroatoms. The number of likely N-dealkylation sites (tertiary alicyclic amines) is 1. The van der Waals surface area contributed by atoms with Gasteiger partial charge in [0.15, 0.2) is 0 Å². The molecule has 0 unspecified atom stereocenters. The van der Waals surface area contributed by atoms with Crippen LogP contribution in [-0.4, -0.2) is 50.9 Å². The number of carbonyl (C=O) groups is 2. The Kier molecular flexibility index (Phi) is 5.62. The minimum absolute atomic E-state index is 0.113. The Balaban J connectivity index is 1.57. The Bertz CT molecular complexity index is 763. The molecule has 1 amide bonds. The fourth-order valence-corrected chi connectivity index (χ4v) is 4.38. The van der Waals surface area contributed by atoms with Crippen molar-refractivity contribution in [2.75, 3.05) is 19.7 Å². The van der Waals surface area contributed by atoms with E-state index in [4.69, 9.17) is 4.74 Å². The van der Waals surface area contributed by atoms with E-state index < -0.39 is 16.0 Å². The average molecular weight is 380 g/mol. The van der Waals surface area contributed by atoms with Crippen LogP contribution in [0.3, 0.4) is 0 Å². The number of amides is 1. The highest BCUT2D eigenvalue weighted by molar-refractivity contribution is 7.89. The van der Waals surface area contributed by atoms with Crippen molar-refractivity contribution < 1.29 is 22.7 Å². The van der Waals surface area contributed by atoms with Gasteiger partial charge < -0.3 is 9.64 Å². The fraction of sp³-hybridized carbons (Fsp3) is 0.556. The number of nitrogens with zero attached hydrogens (tertiary/aromatic N) is 1. The van der Waals surface area contributed by atoms with Crippen LogP contribution < -0.4 is 4.72 Å². The number of benzene rings is 1. The summed E-state index contributed by atoms with van der Waals surface area (Å²) in [6, 6.07) is 5.51. The van der Waals surface area contributed by atoms with E-state index in [0.717, 1.165) is 12.8 Å². The first-order chi connectivity index (χ1) is 12.4. The summed E-state index contributed by atoms with van der Waals surface area (Å²) in [5, 5.41) is 0. The van der Waals surface area contributed by atoms with Crippen molar-refractivity contribution in [2.24, 2.45) is 5.92 Å². The molecule has 1 aliphatic heterocycles. The van der Waals surface area contributed by atoms with Gasteiger partial charge in [-0.3, -0.25) is 4.79 Å². The molecular formula is C18H24N2O5S. The van der Waals surface area contributed by atoms with Crippen LogP contribution in [0.1, 0.15) is 43.0 Å². The molecule has 1 saturated heterocycles. The summed E-state index contributed by atoms with van der Waals surface area (Å²) < 4.78 is 32.7. The van der Waals surface area contributed by atoms with Gasteiger partial charge in [0.1, 0.15) is 0 Å². The van der Waals surface area contributed by atoms with E-state index in [1.807, 2.05) is 4.90 Å². The van der Waals surface area contributed by atoms with Crippen LogP contribution in [0.4, 0.5) is 0 Å². The summed E-state index contributed by atoms with van der Waals surface area (Å²) in [5.74, 6) is -0.0703. The molecule has 1 aliphatic carbocycles.